The molecule has 2 aromatic rings. The highest BCUT2D eigenvalue weighted by atomic mass is 16.5. The molecule has 3 rings (SSSR count). The van der Waals surface area contributed by atoms with Crippen LogP contribution in [-0.4, -0.2) is 52.7 Å². The van der Waals surface area contributed by atoms with Gasteiger partial charge in [0.2, 0.25) is 0 Å². The molecule has 2 aromatic heterocycles. The van der Waals surface area contributed by atoms with Gasteiger partial charge in [-0.25, -0.2) is 14.3 Å². The van der Waals surface area contributed by atoms with Crippen molar-refractivity contribution in [3.63, 3.8) is 0 Å². The second-order valence-electron chi connectivity index (χ2n) is 4.90. The van der Waals surface area contributed by atoms with Crippen LogP contribution in [0.5, 0.6) is 0 Å². The molecule has 1 aliphatic heterocycles. The third-order valence-corrected chi connectivity index (χ3v) is 3.54. The first-order valence-electron chi connectivity index (χ1n) is 6.31. The van der Waals surface area contributed by atoms with Crippen LogP contribution in [-0.2, 0) is 4.74 Å². The molecule has 19 heavy (non-hydrogen) atoms. The van der Waals surface area contributed by atoms with Gasteiger partial charge < -0.3 is 9.64 Å². The summed E-state index contributed by atoms with van der Waals surface area (Å²) in [7, 11) is 3.46. The molecule has 1 fully saturated rings. The second-order valence-corrected chi connectivity index (χ2v) is 4.90. The number of likely N-dealkylation sites (N-methyl/N-ethyl adjacent to an activating group) is 1. The zero-order chi connectivity index (χ0) is 13.4. The predicted molar refractivity (Wildman–Crippen MR) is 69.2 cm³/mol. The average molecular weight is 260 g/mol. The van der Waals surface area contributed by atoms with Crippen molar-refractivity contribution in [1.82, 2.24) is 19.5 Å². The monoisotopic (exact) mass is 260 g/mol. The first kappa shape index (κ1) is 12.1. The molecule has 6 heteroatoms. The first-order valence-corrected chi connectivity index (χ1v) is 6.31. The highest BCUT2D eigenvalue weighted by Crippen LogP contribution is 2.24. The van der Waals surface area contributed by atoms with Gasteiger partial charge in [-0.3, -0.25) is 0 Å². The van der Waals surface area contributed by atoms with Gasteiger partial charge in [-0.2, -0.15) is 5.10 Å². The molecular weight excluding hydrogens is 244 g/mol. The zero-order valence-corrected chi connectivity index (χ0v) is 11.0. The number of fused-ring (bicyclic) bond motifs is 1. The molecule has 0 saturated carbocycles. The molecule has 0 N–H and O–H groups in total. The number of rotatable bonds is 2. The van der Waals surface area contributed by atoms with Crippen molar-refractivity contribution in [2.45, 2.75) is 12.3 Å². The molecule has 1 unspecified atom stereocenters. The summed E-state index contributed by atoms with van der Waals surface area (Å²) in [5.41, 5.74) is 1.02. The Bertz CT molecular complexity index is 622. The summed E-state index contributed by atoms with van der Waals surface area (Å²) in [4.78, 5) is 18.5. The Kier molecular flexibility index (Phi) is 2.94. The van der Waals surface area contributed by atoms with Gasteiger partial charge in [0.15, 0.2) is 11.5 Å². The number of carbonyl (C=O) groups is 1. The lowest BCUT2D eigenvalue weighted by molar-refractivity contribution is 0.0602. The van der Waals surface area contributed by atoms with E-state index in [1.807, 2.05) is 0 Å². The molecule has 0 radical (unpaired) electrons. The smallest absolute Gasteiger partial charge is 0.341 e. The third kappa shape index (κ3) is 2.08. The fourth-order valence-electron chi connectivity index (χ4n) is 2.51. The Morgan fingerprint density at radius 3 is 3.05 bits per heavy atom. The van der Waals surface area contributed by atoms with Crippen molar-refractivity contribution in [3.05, 3.63) is 29.7 Å². The number of hydrogen-bond donors (Lipinski definition) is 0. The van der Waals surface area contributed by atoms with Gasteiger partial charge in [-0.05, 0) is 32.1 Å². The minimum atomic E-state index is -0.381. The van der Waals surface area contributed by atoms with Crippen molar-refractivity contribution < 1.29 is 9.53 Å². The second kappa shape index (κ2) is 4.62. The van der Waals surface area contributed by atoms with Crippen LogP contribution in [0.1, 0.15) is 28.5 Å². The van der Waals surface area contributed by atoms with Gasteiger partial charge in [0.25, 0.3) is 0 Å². The average Bonchev–Trinajstić information content (AvgIpc) is 3.02. The van der Waals surface area contributed by atoms with E-state index in [0.29, 0.717) is 17.1 Å². The van der Waals surface area contributed by atoms with Crippen LogP contribution in [0, 0.1) is 0 Å². The van der Waals surface area contributed by atoms with E-state index in [2.05, 4.69) is 22.0 Å². The summed E-state index contributed by atoms with van der Waals surface area (Å²) in [6.07, 6.45) is 2.86. The molecule has 0 spiro atoms. The Balaban J connectivity index is 2.03. The summed E-state index contributed by atoms with van der Waals surface area (Å²) in [5, 5.41) is 4.48. The number of hydrogen-bond acceptors (Lipinski definition) is 5. The molecule has 1 saturated heterocycles. The molecule has 0 bridgehead atoms. The van der Waals surface area contributed by atoms with E-state index in [0.717, 1.165) is 25.3 Å². The van der Waals surface area contributed by atoms with Crippen LogP contribution < -0.4 is 0 Å². The third-order valence-electron chi connectivity index (χ3n) is 3.54. The molecule has 0 aromatic carbocycles. The van der Waals surface area contributed by atoms with Crippen molar-refractivity contribution in [2.24, 2.45) is 0 Å². The fraction of sp³-hybridized carbons (Fsp3) is 0.462. The molecule has 6 nitrogen and oxygen atoms in total. The summed E-state index contributed by atoms with van der Waals surface area (Å²) >= 11 is 0. The zero-order valence-electron chi connectivity index (χ0n) is 11.0. The van der Waals surface area contributed by atoms with Crippen LogP contribution in [0.15, 0.2) is 18.3 Å². The van der Waals surface area contributed by atoms with Gasteiger partial charge in [0.1, 0.15) is 5.56 Å². The number of carbonyl (C=O) groups excluding carboxylic acids is 1. The molecule has 100 valence electrons. The van der Waals surface area contributed by atoms with Crippen molar-refractivity contribution >= 4 is 11.6 Å². The number of aromatic nitrogens is 3. The topological polar surface area (TPSA) is 59.7 Å². The Labute approximate surface area is 111 Å². The van der Waals surface area contributed by atoms with E-state index in [4.69, 9.17) is 4.74 Å². The van der Waals surface area contributed by atoms with E-state index in [-0.39, 0.29) is 5.97 Å². The van der Waals surface area contributed by atoms with Gasteiger partial charge >= 0.3 is 5.97 Å². The number of pyridine rings is 1. The van der Waals surface area contributed by atoms with Crippen molar-refractivity contribution in [1.29, 1.82) is 0 Å². The van der Waals surface area contributed by atoms with E-state index in [9.17, 15) is 4.79 Å². The standard InChI is InChI=1S/C13H16N4O2/c1-16-7-5-9(8-16)11-14-12-10(13(18)19-2)4-3-6-17(12)15-11/h3-4,6,9H,5,7-8H2,1-2H3. The number of methoxy groups -OCH3 is 1. The number of likely N-dealkylation sites (tertiary alicyclic amines) is 1. The number of ether oxygens (including phenoxy) is 1. The van der Waals surface area contributed by atoms with Gasteiger partial charge in [0, 0.05) is 18.7 Å². The van der Waals surface area contributed by atoms with Crippen molar-refractivity contribution in [3.8, 4) is 0 Å². The maximum atomic E-state index is 11.7. The minimum absolute atomic E-state index is 0.343. The van der Waals surface area contributed by atoms with Crippen LogP contribution in [0.4, 0.5) is 0 Å². The predicted octanol–water partition coefficient (Wildman–Crippen LogP) is 0.935. The van der Waals surface area contributed by atoms with E-state index in [1.165, 1.54) is 7.11 Å². The Hall–Kier alpha value is -1.95. The highest BCUT2D eigenvalue weighted by molar-refractivity contribution is 5.95. The van der Waals surface area contributed by atoms with Gasteiger partial charge in [-0.15, -0.1) is 0 Å². The SMILES string of the molecule is COC(=O)c1cccn2nc(C3CCN(C)C3)nc12. The quantitative estimate of drug-likeness (QED) is 0.752. The largest absolute Gasteiger partial charge is 0.465 e. The van der Waals surface area contributed by atoms with E-state index < -0.39 is 0 Å². The molecule has 3 heterocycles. The van der Waals surface area contributed by atoms with Crippen LogP contribution in [0.3, 0.4) is 0 Å². The summed E-state index contributed by atoms with van der Waals surface area (Å²) < 4.78 is 6.42. The van der Waals surface area contributed by atoms with Crippen LogP contribution in [0.25, 0.3) is 5.65 Å². The molecule has 1 atom stereocenters. The number of nitrogens with zero attached hydrogens (tertiary/aromatic N) is 4. The van der Waals surface area contributed by atoms with E-state index >= 15 is 0 Å². The lowest BCUT2D eigenvalue weighted by atomic mass is 10.1. The minimum Gasteiger partial charge on any atom is -0.465 e. The summed E-state index contributed by atoms with van der Waals surface area (Å²) in [6, 6.07) is 3.49. The lowest BCUT2D eigenvalue weighted by Crippen LogP contribution is -2.13. The van der Waals surface area contributed by atoms with Crippen LogP contribution in [0.2, 0.25) is 0 Å². The summed E-state index contributed by atoms with van der Waals surface area (Å²) in [5.74, 6) is 0.768. The molecular formula is C13H16N4O2. The fourth-order valence-corrected chi connectivity index (χ4v) is 2.51. The first-order chi connectivity index (χ1) is 9.19. The highest BCUT2D eigenvalue weighted by Gasteiger charge is 2.25. The Morgan fingerprint density at radius 1 is 1.53 bits per heavy atom. The Morgan fingerprint density at radius 2 is 2.37 bits per heavy atom. The van der Waals surface area contributed by atoms with E-state index in [1.54, 1.807) is 22.8 Å². The van der Waals surface area contributed by atoms with Crippen LogP contribution >= 0.6 is 0 Å². The van der Waals surface area contributed by atoms with Gasteiger partial charge in [-0.1, -0.05) is 0 Å². The lowest BCUT2D eigenvalue weighted by Gasteiger charge is -2.05. The summed E-state index contributed by atoms with van der Waals surface area (Å²) in [6.45, 7) is 2.02. The molecule has 0 amide bonds. The molecule has 1 aliphatic rings. The maximum Gasteiger partial charge on any atom is 0.341 e. The normalized spacial score (nSPS) is 20.0. The number of esters is 1. The molecule has 0 aliphatic carbocycles. The maximum absolute atomic E-state index is 11.7. The van der Waals surface area contributed by atoms with Gasteiger partial charge in [0.05, 0.1) is 7.11 Å². The van der Waals surface area contributed by atoms with Crippen molar-refractivity contribution in [2.75, 3.05) is 27.2 Å².